The fraction of sp³-hybridized carbons (Fsp3) is 0.929. The molecule has 2 fully saturated rings. The molecule has 1 atom stereocenters. The van der Waals surface area contributed by atoms with Crippen LogP contribution >= 0.6 is 0 Å². The molecule has 0 saturated carbocycles. The van der Waals surface area contributed by atoms with E-state index in [4.69, 9.17) is 0 Å². The lowest BCUT2D eigenvalue weighted by Crippen LogP contribution is -2.53. The summed E-state index contributed by atoms with van der Waals surface area (Å²) in [5.41, 5.74) is -0.328. The minimum Gasteiger partial charge on any atom is -0.353 e. The van der Waals surface area contributed by atoms with E-state index < -0.39 is 10.0 Å². The number of nitrogens with zero attached hydrogens (tertiary/aromatic N) is 1. The monoisotopic (exact) mass is 317 g/mol. The van der Waals surface area contributed by atoms with Crippen molar-refractivity contribution in [1.82, 2.24) is 14.9 Å². The number of nitrogens with one attached hydrogen (secondary N) is 2. The maximum absolute atomic E-state index is 12.4. The van der Waals surface area contributed by atoms with Gasteiger partial charge in [0.05, 0.1) is 11.2 Å². The van der Waals surface area contributed by atoms with E-state index in [0.29, 0.717) is 25.9 Å². The molecule has 21 heavy (non-hydrogen) atoms. The standard InChI is InChI=1S/C14H27N3O3S/c1-3-21(19,20)17-9-5-12(6-10-17)16-13(18)14(2)7-4-8-15-11-14/h12,15H,3-11H2,1-2H3,(H,16,18). The Balaban J connectivity index is 1.84. The maximum atomic E-state index is 12.4. The van der Waals surface area contributed by atoms with Gasteiger partial charge in [-0.05, 0) is 46.1 Å². The molecule has 0 aliphatic carbocycles. The van der Waals surface area contributed by atoms with Crippen LogP contribution in [0.2, 0.25) is 0 Å². The zero-order valence-electron chi connectivity index (χ0n) is 13.0. The van der Waals surface area contributed by atoms with Gasteiger partial charge in [0.25, 0.3) is 0 Å². The van der Waals surface area contributed by atoms with Crippen LogP contribution in [0.5, 0.6) is 0 Å². The minimum atomic E-state index is -3.10. The molecule has 122 valence electrons. The number of carbonyl (C=O) groups is 1. The molecule has 2 aliphatic rings. The van der Waals surface area contributed by atoms with E-state index >= 15 is 0 Å². The number of amides is 1. The number of hydrogen-bond donors (Lipinski definition) is 2. The zero-order chi connectivity index (χ0) is 15.5. The van der Waals surface area contributed by atoms with E-state index in [-0.39, 0.29) is 23.1 Å². The first-order chi connectivity index (χ1) is 9.87. The number of piperidine rings is 2. The minimum absolute atomic E-state index is 0.0968. The Morgan fingerprint density at radius 2 is 2.05 bits per heavy atom. The van der Waals surface area contributed by atoms with Gasteiger partial charge in [-0.1, -0.05) is 0 Å². The normalized spacial score (nSPS) is 29.2. The van der Waals surface area contributed by atoms with Gasteiger partial charge in [-0.3, -0.25) is 4.79 Å². The molecule has 2 saturated heterocycles. The van der Waals surface area contributed by atoms with Crippen LogP contribution in [0.25, 0.3) is 0 Å². The predicted octanol–water partition coefficient (Wildman–Crippen LogP) is 0.306. The summed E-state index contributed by atoms with van der Waals surface area (Å²) in [7, 11) is -3.10. The fourth-order valence-electron chi connectivity index (χ4n) is 3.07. The summed E-state index contributed by atoms with van der Waals surface area (Å²) in [4.78, 5) is 12.4. The SMILES string of the molecule is CCS(=O)(=O)N1CCC(NC(=O)C2(C)CCCNC2)CC1. The van der Waals surface area contributed by atoms with Crippen LogP contribution < -0.4 is 10.6 Å². The lowest BCUT2D eigenvalue weighted by Gasteiger charge is -2.36. The molecule has 2 heterocycles. The van der Waals surface area contributed by atoms with Crippen molar-refractivity contribution in [2.45, 2.75) is 45.6 Å². The largest absolute Gasteiger partial charge is 0.353 e. The molecular formula is C14H27N3O3S. The average molecular weight is 317 g/mol. The molecule has 0 aromatic heterocycles. The summed E-state index contributed by atoms with van der Waals surface area (Å²) in [6.45, 7) is 6.40. The molecule has 0 aromatic carbocycles. The number of carbonyl (C=O) groups excluding carboxylic acids is 1. The highest BCUT2D eigenvalue weighted by Gasteiger charge is 2.36. The van der Waals surface area contributed by atoms with Gasteiger partial charge in [0.2, 0.25) is 15.9 Å². The smallest absolute Gasteiger partial charge is 0.227 e. The van der Waals surface area contributed by atoms with Crippen LogP contribution in [0.15, 0.2) is 0 Å². The van der Waals surface area contributed by atoms with Crippen LogP contribution in [0, 0.1) is 5.41 Å². The molecule has 7 heteroatoms. The Kier molecular flexibility index (Phi) is 5.27. The number of sulfonamides is 1. The fourth-order valence-corrected chi connectivity index (χ4v) is 4.20. The van der Waals surface area contributed by atoms with Crippen LogP contribution in [0.1, 0.15) is 39.5 Å². The van der Waals surface area contributed by atoms with Crippen molar-refractivity contribution in [1.29, 1.82) is 0 Å². The molecule has 0 bridgehead atoms. The lowest BCUT2D eigenvalue weighted by atomic mass is 9.81. The summed E-state index contributed by atoms with van der Waals surface area (Å²) in [5.74, 6) is 0.250. The average Bonchev–Trinajstić information content (AvgIpc) is 2.48. The van der Waals surface area contributed by atoms with E-state index in [9.17, 15) is 13.2 Å². The number of hydrogen-bond acceptors (Lipinski definition) is 4. The van der Waals surface area contributed by atoms with Crippen molar-refractivity contribution in [3.05, 3.63) is 0 Å². The third-order valence-corrected chi connectivity index (χ3v) is 6.57. The topological polar surface area (TPSA) is 78.5 Å². The van der Waals surface area contributed by atoms with Crippen molar-refractivity contribution >= 4 is 15.9 Å². The first-order valence-electron chi connectivity index (χ1n) is 7.87. The Labute approximate surface area is 127 Å². The van der Waals surface area contributed by atoms with Crippen molar-refractivity contribution in [2.75, 3.05) is 31.9 Å². The Bertz CT molecular complexity index is 464. The van der Waals surface area contributed by atoms with Crippen LogP contribution in [0.4, 0.5) is 0 Å². The van der Waals surface area contributed by atoms with Crippen molar-refractivity contribution in [2.24, 2.45) is 5.41 Å². The van der Waals surface area contributed by atoms with Crippen LogP contribution in [-0.4, -0.2) is 56.6 Å². The quantitative estimate of drug-likeness (QED) is 0.782. The molecule has 2 rings (SSSR count). The summed E-state index contributed by atoms with van der Waals surface area (Å²) >= 11 is 0. The summed E-state index contributed by atoms with van der Waals surface area (Å²) < 4.78 is 25.2. The molecular weight excluding hydrogens is 290 g/mol. The van der Waals surface area contributed by atoms with Gasteiger partial charge in [-0.2, -0.15) is 0 Å². The molecule has 1 unspecified atom stereocenters. The van der Waals surface area contributed by atoms with Gasteiger partial charge in [0.15, 0.2) is 0 Å². The summed E-state index contributed by atoms with van der Waals surface area (Å²) in [5, 5.41) is 6.40. The second-order valence-corrected chi connectivity index (χ2v) is 8.65. The van der Waals surface area contributed by atoms with E-state index in [1.807, 2.05) is 6.92 Å². The maximum Gasteiger partial charge on any atom is 0.227 e. The van der Waals surface area contributed by atoms with Crippen molar-refractivity contribution in [3.8, 4) is 0 Å². The Morgan fingerprint density at radius 3 is 2.57 bits per heavy atom. The highest BCUT2D eigenvalue weighted by Crippen LogP contribution is 2.26. The first-order valence-corrected chi connectivity index (χ1v) is 9.48. The molecule has 2 aliphatic heterocycles. The summed E-state index contributed by atoms with van der Waals surface area (Å²) in [6, 6.07) is 0.0968. The summed E-state index contributed by atoms with van der Waals surface area (Å²) in [6.07, 6.45) is 3.34. The highest BCUT2D eigenvalue weighted by atomic mass is 32.2. The van der Waals surface area contributed by atoms with Gasteiger partial charge >= 0.3 is 0 Å². The van der Waals surface area contributed by atoms with Gasteiger partial charge in [-0.15, -0.1) is 0 Å². The van der Waals surface area contributed by atoms with E-state index in [1.54, 1.807) is 11.2 Å². The van der Waals surface area contributed by atoms with E-state index in [1.165, 1.54) is 0 Å². The molecule has 6 nitrogen and oxygen atoms in total. The third-order valence-electron chi connectivity index (χ3n) is 4.69. The molecule has 0 aromatic rings. The van der Waals surface area contributed by atoms with Gasteiger partial charge < -0.3 is 10.6 Å². The molecule has 1 amide bonds. The number of rotatable bonds is 4. The molecule has 2 N–H and O–H groups in total. The van der Waals surface area contributed by atoms with Crippen LogP contribution in [-0.2, 0) is 14.8 Å². The van der Waals surface area contributed by atoms with Crippen molar-refractivity contribution in [3.63, 3.8) is 0 Å². The van der Waals surface area contributed by atoms with Crippen molar-refractivity contribution < 1.29 is 13.2 Å². The van der Waals surface area contributed by atoms with Gasteiger partial charge in [0.1, 0.15) is 0 Å². The predicted molar refractivity (Wildman–Crippen MR) is 82.4 cm³/mol. The zero-order valence-corrected chi connectivity index (χ0v) is 13.8. The second-order valence-electron chi connectivity index (χ2n) is 6.39. The lowest BCUT2D eigenvalue weighted by molar-refractivity contribution is -0.132. The highest BCUT2D eigenvalue weighted by molar-refractivity contribution is 7.89. The Hall–Kier alpha value is -0.660. The molecule has 0 spiro atoms. The Morgan fingerprint density at radius 1 is 1.38 bits per heavy atom. The van der Waals surface area contributed by atoms with Crippen LogP contribution in [0.3, 0.4) is 0 Å². The van der Waals surface area contributed by atoms with Gasteiger partial charge in [0, 0.05) is 25.7 Å². The van der Waals surface area contributed by atoms with E-state index in [0.717, 1.165) is 25.9 Å². The first kappa shape index (κ1) is 16.7. The third kappa shape index (κ3) is 3.96. The van der Waals surface area contributed by atoms with E-state index in [2.05, 4.69) is 10.6 Å². The second kappa shape index (κ2) is 6.62. The molecule has 0 radical (unpaired) electrons. The van der Waals surface area contributed by atoms with Gasteiger partial charge in [-0.25, -0.2) is 12.7 Å².